The molecule has 0 radical (unpaired) electrons. The normalized spacial score (nSPS) is 18.3. The number of fused-ring (bicyclic) bond motifs is 1. The zero-order valence-corrected chi connectivity index (χ0v) is 15.5. The number of anilines is 2. The SMILES string of the molecule is CC(F)(F)c1cnccc1-c1cc(N)c2cnc(NC(=O)[C@H]3C[C@@H]3C#N)cc2c1. The summed E-state index contributed by atoms with van der Waals surface area (Å²) in [7, 11) is 0. The fourth-order valence-corrected chi connectivity index (χ4v) is 3.35. The van der Waals surface area contributed by atoms with Gasteiger partial charge in [-0.3, -0.25) is 9.78 Å². The van der Waals surface area contributed by atoms with Gasteiger partial charge in [-0.25, -0.2) is 13.8 Å². The van der Waals surface area contributed by atoms with Crippen molar-refractivity contribution in [2.45, 2.75) is 19.3 Å². The Morgan fingerprint density at radius 2 is 2.14 bits per heavy atom. The molecule has 0 aliphatic heterocycles. The number of nitriles is 1. The Bertz CT molecular complexity index is 1170. The predicted octanol–water partition coefficient (Wildman–Crippen LogP) is 4.09. The number of pyridine rings is 2. The van der Waals surface area contributed by atoms with Crippen molar-refractivity contribution in [3.05, 3.63) is 48.4 Å². The Balaban J connectivity index is 1.73. The first-order chi connectivity index (χ1) is 13.8. The van der Waals surface area contributed by atoms with E-state index in [9.17, 15) is 13.6 Å². The Labute approximate surface area is 165 Å². The number of nitrogens with zero attached hydrogens (tertiary/aromatic N) is 3. The van der Waals surface area contributed by atoms with Gasteiger partial charge in [0.15, 0.2) is 0 Å². The minimum atomic E-state index is -3.06. The molecule has 1 amide bonds. The van der Waals surface area contributed by atoms with Gasteiger partial charge in [0.05, 0.1) is 17.9 Å². The summed E-state index contributed by atoms with van der Waals surface area (Å²) in [5.74, 6) is -3.57. The van der Waals surface area contributed by atoms with Gasteiger partial charge in [-0.15, -0.1) is 0 Å². The monoisotopic (exact) mass is 393 g/mol. The average Bonchev–Trinajstić information content (AvgIpc) is 3.47. The van der Waals surface area contributed by atoms with Gasteiger partial charge in [-0.2, -0.15) is 5.26 Å². The van der Waals surface area contributed by atoms with Gasteiger partial charge in [0, 0.05) is 42.2 Å². The van der Waals surface area contributed by atoms with Gasteiger partial charge in [0.1, 0.15) is 5.82 Å². The molecule has 1 aliphatic carbocycles. The highest BCUT2D eigenvalue weighted by molar-refractivity contribution is 6.00. The topological polar surface area (TPSA) is 105 Å². The summed E-state index contributed by atoms with van der Waals surface area (Å²) in [6, 6.07) is 8.58. The van der Waals surface area contributed by atoms with Crippen LogP contribution in [-0.2, 0) is 10.7 Å². The van der Waals surface area contributed by atoms with Crippen LogP contribution in [0.2, 0.25) is 0 Å². The zero-order valence-electron chi connectivity index (χ0n) is 15.5. The lowest BCUT2D eigenvalue weighted by molar-refractivity contribution is -0.117. The third-order valence-corrected chi connectivity index (χ3v) is 5.02. The number of hydrogen-bond donors (Lipinski definition) is 2. The standard InChI is InChI=1S/C21H17F2N5O/c1-21(22,23)17-10-26-3-2-14(17)11-4-12-7-19(27-9-16(12)18(25)6-11)28-20(29)15-5-13(15)8-24/h2-4,6-7,9-10,13,15H,5,25H2,1H3,(H,27,28,29)/t13-,15+/m1/s1. The highest BCUT2D eigenvalue weighted by Gasteiger charge is 2.43. The Hall–Kier alpha value is -3.60. The van der Waals surface area contributed by atoms with Crippen LogP contribution in [-0.4, -0.2) is 15.9 Å². The van der Waals surface area contributed by atoms with Crippen LogP contribution in [0.25, 0.3) is 21.9 Å². The van der Waals surface area contributed by atoms with Crippen molar-refractivity contribution in [1.82, 2.24) is 9.97 Å². The smallest absolute Gasteiger partial charge is 0.272 e. The highest BCUT2D eigenvalue weighted by atomic mass is 19.3. The molecule has 0 bridgehead atoms. The maximum atomic E-state index is 14.0. The van der Waals surface area contributed by atoms with Crippen molar-refractivity contribution in [1.29, 1.82) is 5.26 Å². The molecular weight excluding hydrogens is 376 g/mol. The summed E-state index contributed by atoms with van der Waals surface area (Å²) in [6.45, 7) is 0.821. The van der Waals surface area contributed by atoms with Gasteiger partial charge in [-0.1, -0.05) is 0 Å². The lowest BCUT2D eigenvalue weighted by Crippen LogP contribution is -2.15. The van der Waals surface area contributed by atoms with Crippen molar-refractivity contribution >= 4 is 28.2 Å². The Morgan fingerprint density at radius 1 is 1.34 bits per heavy atom. The molecule has 3 aromatic rings. The maximum Gasteiger partial charge on any atom is 0.272 e. The number of rotatable bonds is 4. The summed E-state index contributed by atoms with van der Waals surface area (Å²) in [5.41, 5.74) is 7.17. The first-order valence-electron chi connectivity index (χ1n) is 9.00. The summed E-state index contributed by atoms with van der Waals surface area (Å²) in [6.07, 6.45) is 4.67. The van der Waals surface area contributed by atoms with E-state index in [0.717, 1.165) is 13.1 Å². The minimum Gasteiger partial charge on any atom is -0.398 e. The van der Waals surface area contributed by atoms with E-state index in [0.29, 0.717) is 39.8 Å². The molecule has 1 aliphatic rings. The fraction of sp³-hybridized carbons (Fsp3) is 0.238. The lowest BCUT2D eigenvalue weighted by Gasteiger charge is -2.16. The predicted molar refractivity (Wildman–Crippen MR) is 105 cm³/mol. The van der Waals surface area contributed by atoms with Gasteiger partial charge in [-0.05, 0) is 47.2 Å². The molecule has 1 aromatic carbocycles. The molecule has 3 N–H and O–H groups in total. The number of carbonyl (C=O) groups excluding carboxylic acids is 1. The second-order valence-corrected chi connectivity index (χ2v) is 7.23. The van der Waals surface area contributed by atoms with E-state index in [1.165, 1.54) is 18.5 Å². The average molecular weight is 393 g/mol. The lowest BCUT2D eigenvalue weighted by atomic mass is 9.96. The highest BCUT2D eigenvalue weighted by Crippen LogP contribution is 2.39. The summed E-state index contributed by atoms with van der Waals surface area (Å²) < 4.78 is 28.0. The fourth-order valence-electron chi connectivity index (χ4n) is 3.35. The van der Waals surface area contributed by atoms with Crippen molar-refractivity contribution in [3.8, 4) is 17.2 Å². The van der Waals surface area contributed by atoms with E-state index in [4.69, 9.17) is 11.0 Å². The van der Waals surface area contributed by atoms with E-state index in [1.807, 2.05) is 0 Å². The Kier molecular flexibility index (Phi) is 4.38. The molecule has 8 heteroatoms. The minimum absolute atomic E-state index is 0.197. The molecule has 6 nitrogen and oxygen atoms in total. The molecule has 1 saturated carbocycles. The van der Waals surface area contributed by atoms with Crippen molar-refractivity contribution in [2.75, 3.05) is 11.1 Å². The zero-order chi connectivity index (χ0) is 20.8. The van der Waals surface area contributed by atoms with E-state index < -0.39 is 5.92 Å². The van der Waals surface area contributed by atoms with Crippen molar-refractivity contribution in [3.63, 3.8) is 0 Å². The quantitative estimate of drug-likeness (QED) is 0.650. The number of nitrogen functional groups attached to an aromatic ring is 1. The van der Waals surface area contributed by atoms with E-state index in [1.54, 1.807) is 18.2 Å². The van der Waals surface area contributed by atoms with Gasteiger partial charge in [0.25, 0.3) is 5.92 Å². The molecular formula is C21H17F2N5O. The van der Waals surface area contributed by atoms with Crippen LogP contribution in [0, 0.1) is 23.2 Å². The molecule has 0 unspecified atom stereocenters. The number of hydrogen-bond acceptors (Lipinski definition) is 5. The molecule has 29 heavy (non-hydrogen) atoms. The number of benzene rings is 1. The van der Waals surface area contributed by atoms with Gasteiger partial charge >= 0.3 is 0 Å². The molecule has 2 aromatic heterocycles. The number of halogens is 2. The van der Waals surface area contributed by atoms with Crippen LogP contribution in [0.4, 0.5) is 20.3 Å². The van der Waals surface area contributed by atoms with E-state index >= 15 is 0 Å². The molecule has 4 rings (SSSR count). The second kappa shape index (κ2) is 6.78. The number of amides is 1. The number of nitrogens with two attached hydrogens (primary N) is 1. The molecule has 2 heterocycles. The molecule has 1 fully saturated rings. The third-order valence-electron chi connectivity index (χ3n) is 5.02. The molecule has 2 atom stereocenters. The third kappa shape index (κ3) is 3.59. The molecule has 0 spiro atoms. The number of aromatic nitrogens is 2. The van der Waals surface area contributed by atoms with Crippen molar-refractivity contribution < 1.29 is 13.6 Å². The van der Waals surface area contributed by atoms with Crippen LogP contribution in [0.15, 0.2) is 42.9 Å². The number of nitrogens with one attached hydrogen (secondary N) is 1. The number of alkyl halides is 2. The van der Waals surface area contributed by atoms with Crippen LogP contribution in [0.3, 0.4) is 0 Å². The second-order valence-electron chi connectivity index (χ2n) is 7.23. The summed E-state index contributed by atoms with van der Waals surface area (Å²) in [5, 5.41) is 12.9. The van der Waals surface area contributed by atoms with Gasteiger partial charge < -0.3 is 11.1 Å². The van der Waals surface area contributed by atoms with Crippen LogP contribution >= 0.6 is 0 Å². The summed E-state index contributed by atoms with van der Waals surface area (Å²) in [4.78, 5) is 20.2. The number of carbonyl (C=O) groups is 1. The molecule has 0 saturated heterocycles. The van der Waals surface area contributed by atoms with Gasteiger partial charge in [0.2, 0.25) is 5.91 Å². The first-order valence-corrected chi connectivity index (χ1v) is 9.00. The van der Waals surface area contributed by atoms with Crippen LogP contribution in [0.5, 0.6) is 0 Å². The molecule has 146 valence electrons. The van der Waals surface area contributed by atoms with E-state index in [2.05, 4.69) is 21.4 Å². The van der Waals surface area contributed by atoms with Crippen LogP contribution < -0.4 is 11.1 Å². The summed E-state index contributed by atoms with van der Waals surface area (Å²) >= 11 is 0. The Morgan fingerprint density at radius 3 is 2.83 bits per heavy atom. The largest absolute Gasteiger partial charge is 0.398 e. The van der Waals surface area contributed by atoms with Crippen molar-refractivity contribution in [2.24, 2.45) is 11.8 Å². The first kappa shape index (κ1) is 18.7. The van der Waals surface area contributed by atoms with Crippen LogP contribution in [0.1, 0.15) is 18.9 Å². The maximum absolute atomic E-state index is 14.0. The van der Waals surface area contributed by atoms with E-state index in [-0.39, 0.29) is 23.3 Å².